The predicted octanol–water partition coefficient (Wildman–Crippen LogP) is 1.40. The van der Waals surface area contributed by atoms with Gasteiger partial charge in [-0.05, 0) is 37.0 Å². The zero-order valence-corrected chi connectivity index (χ0v) is 11.7. The SMILES string of the molecule is NC(=O)[C@H]1CCCCN1C(=S)NCc1ccccc1. The normalized spacial score (nSPS) is 18.9. The Kier molecular flexibility index (Phi) is 4.74. The number of hydrogen-bond acceptors (Lipinski definition) is 2. The van der Waals surface area contributed by atoms with Crippen LogP contribution in [0.3, 0.4) is 0 Å². The quantitative estimate of drug-likeness (QED) is 0.820. The third-order valence-corrected chi connectivity index (χ3v) is 3.76. The molecule has 0 unspecified atom stereocenters. The van der Waals surface area contributed by atoms with E-state index in [0.29, 0.717) is 11.7 Å². The summed E-state index contributed by atoms with van der Waals surface area (Å²) in [5.41, 5.74) is 6.60. The highest BCUT2D eigenvalue weighted by atomic mass is 32.1. The fourth-order valence-corrected chi connectivity index (χ4v) is 2.64. The van der Waals surface area contributed by atoms with E-state index in [-0.39, 0.29) is 11.9 Å². The smallest absolute Gasteiger partial charge is 0.240 e. The van der Waals surface area contributed by atoms with Crippen molar-refractivity contribution in [2.45, 2.75) is 31.8 Å². The molecule has 3 N–H and O–H groups in total. The van der Waals surface area contributed by atoms with Crippen LogP contribution in [0.4, 0.5) is 0 Å². The number of thiocarbonyl (C=S) groups is 1. The number of rotatable bonds is 3. The zero-order chi connectivity index (χ0) is 13.7. The van der Waals surface area contributed by atoms with Crippen LogP contribution in [0.2, 0.25) is 0 Å². The van der Waals surface area contributed by atoms with Crippen LogP contribution >= 0.6 is 12.2 Å². The molecule has 5 heteroatoms. The van der Waals surface area contributed by atoms with E-state index < -0.39 is 0 Å². The second kappa shape index (κ2) is 6.52. The van der Waals surface area contributed by atoms with Gasteiger partial charge in [-0.2, -0.15) is 0 Å². The first-order valence-corrected chi connectivity index (χ1v) is 6.97. The van der Waals surface area contributed by atoms with E-state index in [2.05, 4.69) is 5.32 Å². The third kappa shape index (κ3) is 3.67. The Hall–Kier alpha value is -1.62. The average Bonchev–Trinajstić information content (AvgIpc) is 2.46. The highest BCUT2D eigenvalue weighted by molar-refractivity contribution is 7.80. The van der Waals surface area contributed by atoms with Crippen LogP contribution in [0.25, 0.3) is 0 Å². The molecule has 4 nitrogen and oxygen atoms in total. The fourth-order valence-electron chi connectivity index (χ4n) is 2.35. The molecule has 1 atom stereocenters. The molecular formula is C14H19N3OS. The van der Waals surface area contributed by atoms with Gasteiger partial charge in [0.15, 0.2) is 5.11 Å². The van der Waals surface area contributed by atoms with Gasteiger partial charge in [0.1, 0.15) is 6.04 Å². The third-order valence-electron chi connectivity index (χ3n) is 3.38. The Labute approximate surface area is 119 Å². The monoisotopic (exact) mass is 277 g/mol. The lowest BCUT2D eigenvalue weighted by molar-refractivity contribution is -0.122. The van der Waals surface area contributed by atoms with Crippen molar-refractivity contribution in [3.63, 3.8) is 0 Å². The second-order valence-electron chi connectivity index (χ2n) is 4.75. The number of likely N-dealkylation sites (tertiary alicyclic amines) is 1. The van der Waals surface area contributed by atoms with Gasteiger partial charge in [-0.1, -0.05) is 30.3 Å². The van der Waals surface area contributed by atoms with Gasteiger partial charge < -0.3 is 16.0 Å². The molecule has 0 bridgehead atoms. The Balaban J connectivity index is 1.93. The molecule has 2 rings (SSSR count). The predicted molar refractivity (Wildman–Crippen MR) is 79.4 cm³/mol. The lowest BCUT2D eigenvalue weighted by Crippen LogP contribution is -2.53. The maximum atomic E-state index is 11.4. The molecule has 0 spiro atoms. The van der Waals surface area contributed by atoms with Gasteiger partial charge in [-0.25, -0.2) is 0 Å². The van der Waals surface area contributed by atoms with Gasteiger partial charge in [-0.15, -0.1) is 0 Å². The van der Waals surface area contributed by atoms with E-state index >= 15 is 0 Å². The molecule has 19 heavy (non-hydrogen) atoms. The lowest BCUT2D eigenvalue weighted by Gasteiger charge is -2.35. The number of nitrogens with one attached hydrogen (secondary N) is 1. The molecule has 1 fully saturated rings. The molecule has 0 radical (unpaired) electrons. The number of primary amides is 1. The molecule has 1 saturated heterocycles. The first-order valence-electron chi connectivity index (χ1n) is 6.56. The van der Waals surface area contributed by atoms with Crippen LogP contribution < -0.4 is 11.1 Å². The molecule has 0 aliphatic carbocycles. The number of nitrogens with zero attached hydrogens (tertiary/aromatic N) is 1. The van der Waals surface area contributed by atoms with Crippen molar-refractivity contribution in [1.82, 2.24) is 10.2 Å². The first kappa shape index (κ1) is 13.8. The summed E-state index contributed by atoms with van der Waals surface area (Å²) in [4.78, 5) is 13.4. The van der Waals surface area contributed by atoms with Crippen LogP contribution in [-0.2, 0) is 11.3 Å². The minimum Gasteiger partial charge on any atom is -0.368 e. The van der Waals surface area contributed by atoms with Crippen LogP contribution in [0.1, 0.15) is 24.8 Å². The lowest BCUT2D eigenvalue weighted by atomic mass is 10.0. The van der Waals surface area contributed by atoms with E-state index in [1.54, 1.807) is 0 Å². The summed E-state index contributed by atoms with van der Waals surface area (Å²) >= 11 is 5.38. The summed E-state index contributed by atoms with van der Waals surface area (Å²) in [5.74, 6) is -0.288. The molecule has 1 aliphatic heterocycles. The van der Waals surface area contributed by atoms with Crippen molar-refractivity contribution < 1.29 is 4.79 Å². The summed E-state index contributed by atoms with van der Waals surface area (Å²) in [6, 6.07) is 9.79. The number of amides is 1. The van der Waals surface area contributed by atoms with E-state index in [1.807, 2.05) is 35.2 Å². The molecule has 1 aromatic rings. The van der Waals surface area contributed by atoms with Gasteiger partial charge >= 0.3 is 0 Å². The number of carbonyl (C=O) groups excluding carboxylic acids is 1. The number of carbonyl (C=O) groups is 1. The van der Waals surface area contributed by atoms with Gasteiger partial charge in [0, 0.05) is 13.1 Å². The molecule has 1 amide bonds. The van der Waals surface area contributed by atoms with Crippen molar-refractivity contribution >= 4 is 23.2 Å². The Bertz CT molecular complexity index is 449. The van der Waals surface area contributed by atoms with Crippen LogP contribution in [0.15, 0.2) is 30.3 Å². The van der Waals surface area contributed by atoms with Crippen molar-refractivity contribution in [3.8, 4) is 0 Å². The van der Waals surface area contributed by atoms with Crippen LogP contribution in [-0.4, -0.2) is 28.5 Å². The Morgan fingerprint density at radius 3 is 2.79 bits per heavy atom. The van der Waals surface area contributed by atoms with E-state index in [1.165, 1.54) is 0 Å². The standard InChI is InChI=1S/C14H19N3OS/c15-13(18)12-8-4-5-9-17(12)14(19)16-10-11-6-2-1-3-7-11/h1-3,6-7,12H,4-5,8-10H2,(H2,15,18)(H,16,19)/t12-/m1/s1. The van der Waals surface area contributed by atoms with Gasteiger partial charge in [0.05, 0.1) is 0 Å². The van der Waals surface area contributed by atoms with Gasteiger partial charge in [0.25, 0.3) is 0 Å². The maximum absolute atomic E-state index is 11.4. The largest absolute Gasteiger partial charge is 0.368 e. The van der Waals surface area contributed by atoms with Crippen LogP contribution in [0, 0.1) is 0 Å². The summed E-state index contributed by atoms with van der Waals surface area (Å²) in [6.07, 6.45) is 2.88. The number of hydrogen-bond donors (Lipinski definition) is 2. The van der Waals surface area contributed by atoms with E-state index in [4.69, 9.17) is 18.0 Å². The summed E-state index contributed by atoms with van der Waals surface area (Å²) < 4.78 is 0. The average molecular weight is 277 g/mol. The molecule has 0 aromatic heterocycles. The van der Waals surface area contributed by atoms with E-state index in [0.717, 1.165) is 31.4 Å². The fraction of sp³-hybridized carbons (Fsp3) is 0.429. The molecular weight excluding hydrogens is 258 g/mol. The van der Waals surface area contributed by atoms with Gasteiger partial charge in [-0.3, -0.25) is 4.79 Å². The topological polar surface area (TPSA) is 58.4 Å². The summed E-state index contributed by atoms with van der Waals surface area (Å²) in [6.45, 7) is 1.47. The van der Waals surface area contributed by atoms with Crippen molar-refractivity contribution in [1.29, 1.82) is 0 Å². The van der Waals surface area contributed by atoms with E-state index in [9.17, 15) is 4.79 Å². The molecule has 1 aliphatic rings. The first-order chi connectivity index (χ1) is 9.18. The highest BCUT2D eigenvalue weighted by Gasteiger charge is 2.28. The summed E-state index contributed by atoms with van der Waals surface area (Å²) in [7, 11) is 0. The highest BCUT2D eigenvalue weighted by Crippen LogP contribution is 2.17. The van der Waals surface area contributed by atoms with Crippen molar-refractivity contribution in [3.05, 3.63) is 35.9 Å². The Morgan fingerprint density at radius 2 is 2.11 bits per heavy atom. The van der Waals surface area contributed by atoms with Crippen molar-refractivity contribution in [2.75, 3.05) is 6.54 Å². The number of piperidine rings is 1. The molecule has 102 valence electrons. The zero-order valence-electron chi connectivity index (χ0n) is 10.8. The number of nitrogens with two attached hydrogens (primary N) is 1. The molecule has 0 saturated carbocycles. The minimum absolute atomic E-state index is 0.260. The molecule has 1 heterocycles. The number of benzene rings is 1. The Morgan fingerprint density at radius 1 is 1.37 bits per heavy atom. The molecule has 1 aromatic carbocycles. The summed E-state index contributed by atoms with van der Waals surface area (Å²) in [5, 5.41) is 3.82. The van der Waals surface area contributed by atoms with Gasteiger partial charge in [0.2, 0.25) is 5.91 Å². The second-order valence-corrected chi connectivity index (χ2v) is 5.14. The van der Waals surface area contributed by atoms with Crippen LogP contribution in [0.5, 0.6) is 0 Å². The van der Waals surface area contributed by atoms with Crippen molar-refractivity contribution in [2.24, 2.45) is 5.73 Å². The maximum Gasteiger partial charge on any atom is 0.240 e. The minimum atomic E-state index is -0.288.